The number of unbranched alkanes of at least 4 members (excludes halogenated alkanes) is 1. The van der Waals surface area contributed by atoms with Crippen LogP contribution in [-0.2, 0) is 0 Å². The predicted molar refractivity (Wildman–Crippen MR) is 103 cm³/mol. The highest BCUT2D eigenvalue weighted by Crippen LogP contribution is 2.45. The second kappa shape index (κ2) is 9.11. The van der Waals surface area contributed by atoms with Crippen LogP contribution in [0.1, 0.15) is 89.0 Å². The minimum Gasteiger partial charge on any atom is -0.258 e. The molecule has 0 spiro atoms. The molecule has 0 atom stereocenters. The van der Waals surface area contributed by atoms with Gasteiger partial charge in [-0.3, -0.25) is 10.1 Å². The highest BCUT2D eigenvalue weighted by Gasteiger charge is 2.32. The van der Waals surface area contributed by atoms with Crippen molar-refractivity contribution in [1.82, 2.24) is 0 Å². The quantitative estimate of drug-likeness (QED) is 0.389. The number of halogens is 2. The van der Waals surface area contributed by atoms with Gasteiger partial charge in [0.05, 0.1) is 4.92 Å². The normalized spacial score (nSPS) is 28.9. The van der Waals surface area contributed by atoms with Gasteiger partial charge in [-0.05, 0) is 79.9 Å². The van der Waals surface area contributed by atoms with Gasteiger partial charge in [-0.2, -0.15) is 8.78 Å². The predicted octanol–water partition coefficient (Wildman–Crippen LogP) is 7.14. The fourth-order valence-corrected chi connectivity index (χ4v) is 5.36. The van der Waals surface area contributed by atoms with E-state index in [1.54, 1.807) is 0 Å². The van der Waals surface area contributed by atoms with Crippen molar-refractivity contribution in [3.05, 3.63) is 39.4 Å². The number of hydrogen-bond donors (Lipinski definition) is 0. The Morgan fingerprint density at radius 1 is 0.963 bits per heavy atom. The molecule has 0 bridgehead atoms. The van der Waals surface area contributed by atoms with Crippen molar-refractivity contribution in [2.75, 3.05) is 0 Å². The molecular weight excluding hydrogens is 348 g/mol. The molecule has 0 unspecified atom stereocenters. The number of nitro groups is 1. The standard InChI is InChI=1S/C22H31F2NO2/c1-2-3-4-15-5-7-16(8-6-15)17-9-11-18(12-10-17)19-13-20(23)22(25(26)27)21(24)14-19/h13-18H,2-12H2,1H3/t15-,16-,17-,18-. The fraction of sp³-hybridized carbons (Fsp3) is 0.727. The number of nitrogens with zero attached hydrogens (tertiary/aromatic N) is 1. The van der Waals surface area contributed by atoms with E-state index in [-0.39, 0.29) is 5.92 Å². The Balaban J connectivity index is 1.53. The molecule has 2 saturated carbocycles. The van der Waals surface area contributed by atoms with E-state index in [0.29, 0.717) is 5.56 Å². The average Bonchev–Trinajstić information content (AvgIpc) is 2.66. The lowest BCUT2D eigenvalue weighted by Gasteiger charge is -2.38. The van der Waals surface area contributed by atoms with Crippen LogP contribution in [0, 0.1) is 39.5 Å². The van der Waals surface area contributed by atoms with E-state index in [1.165, 1.54) is 57.1 Å². The van der Waals surface area contributed by atoms with Crippen LogP contribution in [0.2, 0.25) is 0 Å². The number of rotatable bonds is 6. The smallest absolute Gasteiger partial charge is 0.258 e. The third-order valence-electron chi connectivity index (χ3n) is 6.99. The topological polar surface area (TPSA) is 43.1 Å². The van der Waals surface area contributed by atoms with Crippen LogP contribution >= 0.6 is 0 Å². The second-order valence-electron chi connectivity index (χ2n) is 8.63. The summed E-state index contributed by atoms with van der Waals surface area (Å²) in [6.45, 7) is 2.26. The Bertz CT molecular complexity index is 625. The van der Waals surface area contributed by atoms with Gasteiger partial charge in [0.2, 0.25) is 11.6 Å². The monoisotopic (exact) mass is 379 g/mol. The zero-order valence-corrected chi connectivity index (χ0v) is 16.3. The van der Waals surface area contributed by atoms with Crippen LogP contribution in [0.4, 0.5) is 14.5 Å². The van der Waals surface area contributed by atoms with Crippen molar-refractivity contribution >= 4 is 5.69 Å². The first kappa shape index (κ1) is 20.2. The number of benzene rings is 1. The maximum atomic E-state index is 13.9. The van der Waals surface area contributed by atoms with Crippen LogP contribution in [0.3, 0.4) is 0 Å². The van der Waals surface area contributed by atoms with Crippen LogP contribution < -0.4 is 0 Å². The molecule has 3 nitrogen and oxygen atoms in total. The second-order valence-corrected chi connectivity index (χ2v) is 8.63. The van der Waals surface area contributed by atoms with Crippen molar-refractivity contribution in [2.24, 2.45) is 17.8 Å². The van der Waals surface area contributed by atoms with Crippen molar-refractivity contribution in [3.63, 3.8) is 0 Å². The molecule has 0 aliphatic heterocycles. The van der Waals surface area contributed by atoms with Crippen LogP contribution in [0.5, 0.6) is 0 Å². The summed E-state index contributed by atoms with van der Waals surface area (Å²) in [6.07, 6.45) is 13.5. The Morgan fingerprint density at radius 3 is 1.96 bits per heavy atom. The van der Waals surface area contributed by atoms with Gasteiger partial charge in [0, 0.05) is 0 Å². The summed E-state index contributed by atoms with van der Waals surface area (Å²) in [7, 11) is 0. The van der Waals surface area contributed by atoms with Gasteiger partial charge in [0.25, 0.3) is 0 Å². The van der Waals surface area contributed by atoms with Crippen molar-refractivity contribution in [2.45, 2.75) is 83.5 Å². The van der Waals surface area contributed by atoms with E-state index in [2.05, 4.69) is 6.92 Å². The lowest BCUT2D eigenvalue weighted by Crippen LogP contribution is -2.25. The third kappa shape index (κ3) is 4.85. The van der Waals surface area contributed by atoms with E-state index >= 15 is 0 Å². The Morgan fingerprint density at radius 2 is 1.48 bits per heavy atom. The zero-order valence-electron chi connectivity index (χ0n) is 16.3. The Labute approximate surface area is 160 Å². The molecule has 2 fully saturated rings. The van der Waals surface area contributed by atoms with Gasteiger partial charge in [-0.15, -0.1) is 0 Å². The third-order valence-corrected chi connectivity index (χ3v) is 6.99. The minimum atomic E-state index is -1.05. The summed E-state index contributed by atoms with van der Waals surface area (Å²) in [4.78, 5) is 9.77. The first-order valence-corrected chi connectivity index (χ1v) is 10.6. The summed E-state index contributed by atoms with van der Waals surface area (Å²) in [5, 5.41) is 10.8. The van der Waals surface area contributed by atoms with Gasteiger partial charge in [-0.1, -0.05) is 39.0 Å². The summed E-state index contributed by atoms with van der Waals surface area (Å²) >= 11 is 0. The van der Waals surface area contributed by atoms with Crippen LogP contribution in [0.25, 0.3) is 0 Å². The SMILES string of the molecule is CCCC[C@H]1CC[C@H]([C@H]2CC[C@H](c3cc(F)c([N+](=O)[O-])c(F)c3)CC2)CC1. The minimum absolute atomic E-state index is 0.118. The van der Waals surface area contributed by atoms with E-state index in [0.717, 1.165) is 43.4 Å². The van der Waals surface area contributed by atoms with E-state index in [9.17, 15) is 18.9 Å². The lowest BCUT2D eigenvalue weighted by atomic mass is 9.68. The van der Waals surface area contributed by atoms with Gasteiger partial charge < -0.3 is 0 Å². The zero-order chi connectivity index (χ0) is 19.4. The van der Waals surface area contributed by atoms with E-state index in [4.69, 9.17) is 0 Å². The number of nitro benzene ring substituents is 1. The summed E-state index contributed by atoms with van der Waals surface area (Å²) in [5.74, 6) is 0.482. The molecule has 0 aromatic heterocycles. The molecule has 5 heteroatoms. The largest absolute Gasteiger partial charge is 0.340 e. The maximum absolute atomic E-state index is 13.9. The number of hydrogen-bond acceptors (Lipinski definition) is 2. The van der Waals surface area contributed by atoms with Gasteiger partial charge >= 0.3 is 5.69 Å². The van der Waals surface area contributed by atoms with Crippen molar-refractivity contribution < 1.29 is 13.7 Å². The molecule has 1 aromatic carbocycles. The highest BCUT2D eigenvalue weighted by molar-refractivity contribution is 5.38. The average molecular weight is 379 g/mol. The molecule has 0 heterocycles. The van der Waals surface area contributed by atoms with Crippen LogP contribution in [-0.4, -0.2) is 4.92 Å². The van der Waals surface area contributed by atoms with E-state index < -0.39 is 22.2 Å². The maximum Gasteiger partial charge on any atom is 0.340 e. The van der Waals surface area contributed by atoms with Crippen molar-refractivity contribution in [3.8, 4) is 0 Å². The molecule has 0 amide bonds. The first-order chi connectivity index (χ1) is 13.0. The summed E-state index contributed by atoms with van der Waals surface area (Å²) < 4.78 is 27.9. The summed E-state index contributed by atoms with van der Waals surface area (Å²) in [5.41, 5.74) is -0.454. The molecule has 1 aromatic rings. The lowest BCUT2D eigenvalue weighted by molar-refractivity contribution is -0.390. The van der Waals surface area contributed by atoms with E-state index in [1.807, 2.05) is 0 Å². The molecule has 0 N–H and O–H groups in total. The van der Waals surface area contributed by atoms with Gasteiger partial charge in [0.15, 0.2) is 0 Å². The highest BCUT2D eigenvalue weighted by atomic mass is 19.1. The molecule has 150 valence electrons. The first-order valence-electron chi connectivity index (χ1n) is 10.6. The molecule has 0 saturated heterocycles. The molecule has 2 aliphatic rings. The Kier molecular flexibility index (Phi) is 6.83. The molecule has 3 rings (SSSR count). The van der Waals surface area contributed by atoms with Gasteiger partial charge in [0.1, 0.15) is 0 Å². The molecule has 0 radical (unpaired) electrons. The molecule has 27 heavy (non-hydrogen) atoms. The van der Waals surface area contributed by atoms with Crippen molar-refractivity contribution in [1.29, 1.82) is 0 Å². The fourth-order valence-electron chi connectivity index (χ4n) is 5.36. The van der Waals surface area contributed by atoms with Crippen LogP contribution in [0.15, 0.2) is 12.1 Å². The molecule has 2 aliphatic carbocycles. The Hall–Kier alpha value is -1.52. The van der Waals surface area contributed by atoms with Gasteiger partial charge in [-0.25, -0.2) is 0 Å². The summed E-state index contributed by atoms with van der Waals surface area (Å²) in [6, 6.07) is 2.34. The molecular formula is C22H31F2NO2.